The van der Waals surface area contributed by atoms with Crippen molar-refractivity contribution in [2.24, 2.45) is 0 Å². The molecule has 9 heteroatoms. The molecule has 0 aliphatic heterocycles. The first-order valence-corrected chi connectivity index (χ1v) is 2.96. The topological polar surface area (TPSA) is 118 Å². The molecule has 0 aromatic carbocycles. The van der Waals surface area contributed by atoms with Gasteiger partial charge in [0, 0.05) is 0 Å². The maximum atomic E-state index is 3.62. The number of H-pyrrole nitrogens is 1. The molecule has 0 bridgehead atoms. The molecule has 0 spiro atoms. The first-order valence-electron chi connectivity index (χ1n) is 2.96. The van der Waals surface area contributed by atoms with Crippen molar-refractivity contribution < 1.29 is 0 Å². The van der Waals surface area contributed by atoms with Gasteiger partial charge in [0.15, 0.2) is 6.33 Å². The van der Waals surface area contributed by atoms with Gasteiger partial charge in [-0.15, -0.1) is 25.5 Å². The SMILES string of the molecule is c1nnc(Nc2nn[nH]n2)nn1. The van der Waals surface area contributed by atoms with Crippen molar-refractivity contribution in [1.29, 1.82) is 0 Å². The van der Waals surface area contributed by atoms with Crippen LogP contribution < -0.4 is 5.32 Å². The Kier molecular flexibility index (Phi) is 1.53. The van der Waals surface area contributed by atoms with E-state index in [4.69, 9.17) is 0 Å². The van der Waals surface area contributed by atoms with Gasteiger partial charge in [-0.1, -0.05) is 5.10 Å². The Balaban J connectivity index is 2.15. The Morgan fingerprint density at radius 1 is 1.08 bits per heavy atom. The van der Waals surface area contributed by atoms with E-state index in [0.29, 0.717) is 0 Å². The minimum atomic E-state index is 0.221. The van der Waals surface area contributed by atoms with Crippen molar-refractivity contribution in [3.8, 4) is 0 Å². The number of nitrogens with zero attached hydrogens (tertiary/aromatic N) is 7. The van der Waals surface area contributed by atoms with Crippen LogP contribution in [-0.4, -0.2) is 41.0 Å². The molecule has 9 nitrogen and oxygen atoms in total. The van der Waals surface area contributed by atoms with Crippen LogP contribution >= 0.6 is 0 Å². The number of anilines is 2. The molecule has 2 N–H and O–H groups in total. The van der Waals surface area contributed by atoms with Crippen LogP contribution in [-0.2, 0) is 0 Å². The van der Waals surface area contributed by atoms with Crippen LogP contribution in [0.4, 0.5) is 11.9 Å². The lowest BCUT2D eigenvalue weighted by Gasteiger charge is -1.92. The number of hydrogen-bond acceptors (Lipinski definition) is 8. The van der Waals surface area contributed by atoms with Gasteiger partial charge in [0.25, 0.3) is 11.9 Å². The van der Waals surface area contributed by atoms with Crippen molar-refractivity contribution in [3.05, 3.63) is 6.33 Å². The Morgan fingerprint density at radius 3 is 2.58 bits per heavy atom. The van der Waals surface area contributed by atoms with Gasteiger partial charge in [-0.3, -0.25) is 5.32 Å². The largest absolute Gasteiger partial charge is 0.287 e. The van der Waals surface area contributed by atoms with E-state index in [-0.39, 0.29) is 11.9 Å². The van der Waals surface area contributed by atoms with Crippen molar-refractivity contribution in [1.82, 2.24) is 41.0 Å². The predicted octanol–water partition coefficient (Wildman–Crippen LogP) is -1.48. The lowest BCUT2D eigenvalue weighted by Crippen LogP contribution is -2.00. The Bertz CT molecular complexity index is 326. The molecule has 2 aromatic heterocycles. The van der Waals surface area contributed by atoms with Gasteiger partial charge >= 0.3 is 0 Å². The monoisotopic (exact) mass is 165 g/mol. The van der Waals surface area contributed by atoms with Gasteiger partial charge in [0.2, 0.25) is 0 Å². The lowest BCUT2D eigenvalue weighted by atomic mass is 10.9. The van der Waals surface area contributed by atoms with Crippen LogP contribution in [0.2, 0.25) is 0 Å². The van der Waals surface area contributed by atoms with Crippen LogP contribution in [0.1, 0.15) is 0 Å². The second kappa shape index (κ2) is 2.82. The average Bonchev–Trinajstić information content (AvgIpc) is 2.59. The van der Waals surface area contributed by atoms with E-state index >= 15 is 0 Å². The Hall–Kier alpha value is -2.19. The highest BCUT2D eigenvalue weighted by molar-refractivity contribution is 5.37. The van der Waals surface area contributed by atoms with Crippen LogP contribution in [0.25, 0.3) is 0 Å². The molecule has 0 aliphatic rings. The van der Waals surface area contributed by atoms with E-state index in [9.17, 15) is 0 Å². The molecule has 0 aliphatic carbocycles. The maximum absolute atomic E-state index is 3.62. The van der Waals surface area contributed by atoms with Crippen LogP contribution in [0.3, 0.4) is 0 Å². The van der Waals surface area contributed by atoms with Crippen LogP contribution in [0.5, 0.6) is 0 Å². The standard InChI is InChI=1S/C3H3N9/c1-4-7-2(8-5-1)6-3-9-11-12-10-3/h1H,(H2,6,7,8,9,10,11,12). The third-order valence-electron chi connectivity index (χ3n) is 0.977. The summed E-state index contributed by atoms with van der Waals surface area (Å²) in [7, 11) is 0. The zero-order chi connectivity index (χ0) is 8.23. The molecule has 2 rings (SSSR count). The first kappa shape index (κ1) is 6.52. The van der Waals surface area contributed by atoms with Gasteiger partial charge in [0.05, 0.1) is 0 Å². The highest BCUT2D eigenvalue weighted by Crippen LogP contribution is 1.98. The third kappa shape index (κ3) is 1.28. The number of rotatable bonds is 2. The summed E-state index contributed by atoms with van der Waals surface area (Å²) >= 11 is 0. The molecule has 2 heterocycles. The predicted molar refractivity (Wildman–Crippen MR) is 35.1 cm³/mol. The van der Waals surface area contributed by atoms with E-state index in [2.05, 4.69) is 46.3 Å². The summed E-state index contributed by atoms with van der Waals surface area (Å²) < 4.78 is 0. The second-order valence-electron chi connectivity index (χ2n) is 1.73. The first-order chi connectivity index (χ1) is 5.95. The Labute approximate surface area is 65.6 Å². The molecule has 60 valence electrons. The number of nitrogens with one attached hydrogen (secondary N) is 2. The molecule has 0 atom stereocenters. The zero-order valence-electron chi connectivity index (χ0n) is 5.71. The van der Waals surface area contributed by atoms with Gasteiger partial charge in [0.1, 0.15) is 0 Å². The van der Waals surface area contributed by atoms with Crippen molar-refractivity contribution in [2.75, 3.05) is 5.32 Å². The summed E-state index contributed by atoms with van der Waals surface area (Å²) in [5, 5.41) is 29.6. The third-order valence-corrected chi connectivity index (χ3v) is 0.977. The second-order valence-corrected chi connectivity index (χ2v) is 1.73. The number of aromatic nitrogens is 8. The quantitative estimate of drug-likeness (QED) is 0.553. The van der Waals surface area contributed by atoms with Crippen molar-refractivity contribution in [2.45, 2.75) is 0 Å². The molecule has 0 fully saturated rings. The average molecular weight is 165 g/mol. The van der Waals surface area contributed by atoms with E-state index in [1.165, 1.54) is 6.33 Å². The number of aromatic amines is 1. The zero-order valence-corrected chi connectivity index (χ0v) is 5.71. The normalized spacial score (nSPS) is 9.67. The highest BCUT2D eigenvalue weighted by atomic mass is 15.5. The number of hydrogen-bond donors (Lipinski definition) is 2. The summed E-state index contributed by atoms with van der Waals surface area (Å²) in [5.74, 6) is 0.490. The fourth-order valence-corrected chi connectivity index (χ4v) is 0.569. The van der Waals surface area contributed by atoms with E-state index in [0.717, 1.165) is 0 Å². The maximum Gasteiger partial charge on any atom is 0.270 e. The van der Waals surface area contributed by atoms with Gasteiger partial charge < -0.3 is 0 Å². The highest BCUT2D eigenvalue weighted by Gasteiger charge is 1.99. The molecular formula is C3H3N9. The van der Waals surface area contributed by atoms with Crippen LogP contribution in [0.15, 0.2) is 6.33 Å². The molecule has 0 unspecified atom stereocenters. The molecule has 0 saturated carbocycles. The summed E-state index contributed by atoms with van der Waals surface area (Å²) in [6.45, 7) is 0. The van der Waals surface area contributed by atoms with Gasteiger partial charge in [-0.2, -0.15) is 5.21 Å². The summed E-state index contributed by atoms with van der Waals surface area (Å²) in [6.07, 6.45) is 1.22. The Morgan fingerprint density at radius 2 is 1.92 bits per heavy atom. The summed E-state index contributed by atoms with van der Waals surface area (Å²) in [6, 6.07) is 0. The van der Waals surface area contributed by atoms with Crippen molar-refractivity contribution >= 4 is 11.9 Å². The summed E-state index contributed by atoms with van der Waals surface area (Å²) in [4.78, 5) is 0. The molecular weight excluding hydrogens is 162 g/mol. The van der Waals surface area contributed by atoms with E-state index in [1.54, 1.807) is 0 Å². The molecule has 12 heavy (non-hydrogen) atoms. The molecule has 0 amide bonds. The van der Waals surface area contributed by atoms with Gasteiger partial charge in [-0.05, 0) is 5.21 Å². The fraction of sp³-hybridized carbons (Fsp3) is 0. The molecule has 0 saturated heterocycles. The smallest absolute Gasteiger partial charge is 0.270 e. The lowest BCUT2D eigenvalue weighted by molar-refractivity contribution is 0.861. The fourth-order valence-electron chi connectivity index (χ4n) is 0.569. The summed E-state index contributed by atoms with van der Waals surface area (Å²) in [5.41, 5.74) is 0. The minimum Gasteiger partial charge on any atom is -0.287 e. The van der Waals surface area contributed by atoms with E-state index in [1.807, 2.05) is 0 Å². The minimum absolute atomic E-state index is 0.221. The molecule has 0 radical (unpaired) electrons. The van der Waals surface area contributed by atoms with E-state index < -0.39 is 0 Å². The number of tetrazole rings is 1. The van der Waals surface area contributed by atoms with Crippen LogP contribution in [0, 0.1) is 0 Å². The van der Waals surface area contributed by atoms with Gasteiger partial charge in [-0.25, -0.2) is 0 Å². The molecule has 2 aromatic rings. The van der Waals surface area contributed by atoms with Crippen molar-refractivity contribution in [3.63, 3.8) is 0 Å².